The van der Waals surface area contributed by atoms with Crippen molar-refractivity contribution in [2.45, 2.75) is 39.8 Å². The Morgan fingerprint density at radius 2 is 2.24 bits per heavy atom. The smallest absolute Gasteiger partial charge is 0.131 e. The van der Waals surface area contributed by atoms with Gasteiger partial charge in [-0.2, -0.15) is 0 Å². The van der Waals surface area contributed by atoms with Gasteiger partial charge in [-0.25, -0.2) is 9.37 Å². The Morgan fingerprint density at radius 1 is 1.43 bits per heavy atom. The third-order valence-electron chi connectivity index (χ3n) is 3.18. The van der Waals surface area contributed by atoms with Crippen molar-refractivity contribution in [1.29, 1.82) is 0 Å². The molecule has 21 heavy (non-hydrogen) atoms. The van der Waals surface area contributed by atoms with E-state index in [9.17, 15) is 4.39 Å². The Hall–Kier alpha value is -1.46. The summed E-state index contributed by atoms with van der Waals surface area (Å²) in [5.41, 5.74) is 1.85. The molecule has 3 nitrogen and oxygen atoms in total. The van der Waals surface area contributed by atoms with E-state index in [1.54, 1.807) is 17.4 Å². The average Bonchev–Trinajstić information content (AvgIpc) is 2.88. The van der Waals surface area contributed by atoms with Crippen LogP contribution in [0.3, 0.4) is 0 Å². The lowest BCUT2D eigenvalue weighted by atomic mass is 10.1. The van der Waals surface area contributed by atoms with E-state index in [4.69, 9.17) is 4.74 Å². The molecule has 2 rings (SSSR count). The van der Waals surface area contributed by atoms with Crippen LogP contribution in [0.25, 0.3) is 0 Å². The van der Waals surface area contributed by atoms with E-state index in [-0.39, 0.29) is 11.9 Å². The molecule has 0 spiro atoms. The van der Waals surface area contributed by atoms with E-state index in [0.29, 0.717) is 12.4 Å². The lowest BCUT2D eigenvalue weighted by Crippen LogP contribution is -2.20. The largest absolute Gasteiger partial charge is 0.487 e. The minimum absolute atomic E-state index is 0.123. The maximum atomic E-state index is 13.5. The molecule has 0 aliphatic carbocycles. The van der Waals surface area contributed by atoms with E-state index < -0.39 is 0 Å². The van der Waals surface area contributed by atoms with E-state index in [1.807, 2.05) is 12.3 Å². The standard InChI is InChI=1S/C16H21FN2OS/c1-4-7-18-11(2)15-6-5-13(17)8-16(15)20-9-14-10-21-12(3)19-14/h5-6,8,10-11,18H,4,7,9H2,1-3H3. The van der Waals surface area contributed by atoms with Gasteiger partial charge in [0.25, 0.3) is 0 Å². The summed E-state index contributed by atoms with van der Waals surface area (Å²) < 4.78 is 19.3. The Balaban J connectivity index is 2.10. The fraction of sp³-hybridized carbons (Fsp3) is 0.438. The molecule has 0 amide bonds. The van der Waals surface area contributed by atoms with Gasteiger partial charge in [-0.15, -0.1) is 11.3 Å². The normalized spacial score (nSPS) is 12.4. The van der Waals surface area contributed by atoms with Gasteiger partial charge in [0.05, 0.1) is 10.7 Å². The van der Waals surface area contributed by atoms with Gasteiger partial charge >= 0.3 is 0 Å². The van der Waals surface area contributed by atoms with Crippen LogP contribution < -0.4 is 10.1 Å². The third-order valence-corrected chi connectivity index (χ3v) is 4.01. The first-order chi connectivity index (χ1) is 10.1. The Kier molecular flexibility index (Phi) is 5.70. The van der Waals surface area contributed by atoms with E-state index in [1.165, 1.54) is 12.1 Å². The maximum Gasteiger partial charge on any atom is 0.131 e. The predicted molar refractivity (Wildman–Crippen MR) is 84.3 cm³/mol. The molecular formula is C16H21FN2OS. The summed E-state index contributed by atoms with van der Waals surface area (Å²) >= 11 is 1.59. The first-order valence-electron chi connectivity index (χ1n) is 7.16. The molecule has 0 fully saturated rings. The van der Waals surface area contributed by atoms with E-state index in [2.05, 4.69) is 24.1 Å². The number of benzene rings is 1. The van der Waals surface area contributed by atoms with Crippen LogP contribution in [0.2, 0.25) is 0 Å². The number of ether oxygens (including phenoxy) is 1. The monoisotopic (exact) mass is 308 g/mol. The summed E-state index contributed by atoms with van der Waals surface area (Å²) in [7, 11) is 0. The van der Waals surface area contributed by atoms with Gasteiger partial charge in [0.15, 0.2) is 0 Å². The van der Waals surface area contributed by atoms with Crippen molar-refractivity contribution in [3.63, 3.8) is 0 Å². The second-order valence-corrected chi connectivity index (χ2v) is 6.07. The van der Waals surface area contributed by atoms with Gasteiger partial charge in [0.2, 0.25) is 0 Å². The second-order valence-electron chi connectivity index (χ2n) is 5.00. The number of hydrogen-bond acceptors (Lipinski definition) is 4. The van der Waals surface area contributed by atoms with E-state index in [0.717, 1.165) is 29.2 Å². The van der Waals surface area contributed by atoms with Crippen molar-refractivity contribution < 1.29 is 9.13 Å². The molecule has 0 aliphatic heterocycles. The molecule has 1 N–H and O–H groups in total. The fourth-order valence-electron chi connectivity index (χ4n) is 2.09. The lowest BCUT2D eigenvalue weighted by Gasteiger charge is -2.18. The number of nitrogens with zero attached hydrogens (tertiary/aromatic N) is 1. The maximum absolute atomic E-state index is 13.5. The molecule has 2 aromatic rings. The van der Waals surface area contributed by atoms with Crippen LogP contribution in [0.5, 0.6) is 5.75 Å². The predicted octanol–water partition coefficient (Wildman–Crippen LogP) is 4.23. The van der Waals surface area contributed by atoms with Crippen LogP contribution >= 0.6 is 11.3 Å². The molecule has 0 aliphatic rings. The van der Waals surface area contributed by atoms with E-state index >= 15 is 0 Å². The molecule has 0 radical (unpaired) electrons. The van der Waals surface area contributed by atoms with Crippen molar-refractivity contribution in [2.24, 2.45) is 0 Å². The highest BCUT2D eigenvalue weighted by atomic mass is 32.1. The Bertz CT molecular complexity index is 585. The quantitative estimate of drug-likeness (QED) is 0.831. The first kappa shape index (κ1) is 15.9. The summed E-state index contributed by atoms with van der Waals surface area (Å²) in [6, 6.07) is 4.82. The molecular weight excluding hydrogens is 287 g/mol. The third kappa shape index (κ3) is 4.51. The van der Waals surface area contributed by atoms with Gasteiger partial charge in [0.1, 0.15) is 18.2 Å². The molecule has 1 atom stereocenters. The van der Waals surface area contributed by atoms with Crippen LogP contribution in [-0.4, -0.2) is 11.5 Å². The topological polar surface area (TPSA) is 34.1 Å². The molecule has 0 saturated heterocycles. The van der Waals surface area contributed by atoms with Crippen molar-refractivity contribution in [3.8, 4) is 5.75 Å². The highest BCUT2D eigenvalue weighted by Crippen LogP contribution is 2.27. The molecule has 5 heteroatoms. The number of halogens is 1. The van der Waals surface area contributed by atoms with Crippen molar-refractivity contribution in [3.05, 3.63) is 45.7 Å². The summed E-state index contributed by atoms with van der Waals surface area (Å²) in [5.74, 6) is 0.294. The van der Waals surface area contributed by atoms with Gasteiger partial charge in [0, 0.05) is 23.1 Å². The number of thiazole rings is 1. The van der Waals surface area contributed by atoms with Crippen molar-refractivity contribution >= 4 is 11.3 Å². The zero-order chi connectivity index (χ0) is 15.2. The highest BCUT2D eigenvalue weighted by molar-refractivity contribution is 7.09. The zero-order valence-electron chi connectivity index (χ0n) is 12.6. The zero-order valence-corrected chi connectivity index (χ0v) is 13.5. The summed E-state index contributed by atoms with van der Waals surface area (Å²) in [4.78, 5) is 4.36. The molecule has 1 aromatic carbocycles. The van der Waals surface area contributed by atoms with Gasteiger partial charge in [-0.05, 0) is 32.9 Å². The number of aromatic nitrogens is 1. The van der Waals surface area contributed by atoms with Crippen LogP contribution in [0, 0.1) is 12.7 Å². The molecule has 1 unspecified atom stereocenters. The molecule has 0 bridgehead atoms. The summed E-state index contributed by atoms with van der Waals surface area (Å²) in [6.45, 7) is 7.41. The van der Waals surface area contributed by atoms with Gasteiger partial charge in [-0.3, -0.25) is 0 Å². The van der Waals surface area contributed by atoms with Crippen molar-refractivity contribution in [2.75, 3.05) is 6.54 Å². The number of hydrogen-bond donors (Lipinski definition) is 1. The van der Waals surface area contributed by atoms with Crippen molar-refractivity contribution in [1.82, 2.24) is 10.3 Å². The first-order valence-corrected chi connectivity index (χ1v) is 8.04. The van der Waals surface area contributed by atoms with Crippen LogP contribution in [0.15, 0.2) is 23.6 Å². The molecule has 0 saturated carbocycles. The fourth-order valence-corrected chi connectivity index (χ4v) is 2.69. The summed E-state index contributed by atoms with van der Waals surface area (Å²) in [5, 5.41) is 6.37. The van der Waals surface area contributed by atoms with Gasteiger partial charge in [-0.1, -0.05) is 13.0 Å². The summed E-state index contributed by atoms with van der Waals surface area (Å²) in [6.07, 6.45) is 1.06. The molecule has 114 valence electrons. The lowest BCUT2D eigenvalue weighted by molar-refractivity contribution is 0.294. The molecule has 1 aromatic heterocycles. The van der Waals surface area contributed by atoms with Crippen LogP contribution in [0.1, 0.15) is 42.6 Å². The molecule has 1 heterocycles. The van der Waals surface area contributed by atoms with Gasteiger partial charge < -0.3 is 10.1 Å². The van der Waals surface area contributed by atoms with Crippen LogP contribution in [-0.2, 0) is 6.61 Å². The minimum atomic E-state index is -0.286. The Labute approximate surface area is 129 Å². The number of rotatable bonds is 7. The average molecular weight is 308 g/mol. The number of aryl methyl sites for hydroxylation is 1. The Morgan fingerprint density at radius 3 is 2.90 bits per heavy atom. The minimum Gasteiger partial charge on any atom is -0.487 e. The second kappa shape index (κ2) is 7.52. The van der Waals surface area contributed by atoms with Crippen LogP contribution in [0.4, 0.5) is 4.39 Å². The number of nitrogens with one attached hydrogen (secondary N) is 1. The highest BCUT2D eigenvalue weighted by Gasteiger charge is 2.13. The SMILES string of the molecule is CCCNC(C)c1ccc(F)cc1OCc1csc(C)n1.